The Kier molecular flexibility index (Phi) is 4.04. The lowest BCUT2D eigenvalue weighted by Crippen LogP contribution is -2.27. The minimum absolute atomic E-state index is 0.0155. The highest BCUT2D eigenvalue weighted by Crippen LogP contribution is 2.38. The monoisotopic (exact) mass is 336 g/mol. The van der Waals surface area contributed by atoms with Crippen LogP contribution in [0.3, 0.4) is 0 Å². The van der Waals surface area contributed by atoms with Gasteiger partial charge in [0, 0.05) is 12.0 Å². The fourth-order valence-electron chi connectivity index (χ4n) is 2.92. The maximum atomic E-state index is 14.1. The van der Waals surface area contributed by atoms with E-state index >= 15 is 0 Å². The van der Waals surface area contributed by atoms with Crippen LogP contribution in [0.15, 0.2) is 30.3 Å². The van der Waals surface area contributed by atoms with E-state index in [9.17, 15) is 18.0 Å². The van der Waals surface area contributed by atoms with Gasteiger partial charge in [0.05, 0.1) is 18.3 Å². The van der Waals surface area contributed by atoms with Gasteiger partial charge in [-0.1, -0.05) is 0 Å². The topological polar surface area (TPSA) is 85.2 Å². The van der Waals surface area contributed by atoms with Crippen molar-refractivity contribution in [2.45, 2.75) is 18.6 Å². The van der Waals surface area contributed by atoms with Gasteiger partial charge < -0.3 is 16.4 Å². The predicted molar refractivity (Wildman–Crippen MR) is 83.1 cm³/mol. The summed E-state index contributed by atoms with van der Waals surface area (Å²) < 4.78 is 41.5. The molecule has 126 valence electrons. The van der Waals surface area contributed by atoms with Gasteiger partial charge in [0.15, 0.2) is 5.69 Å². The zero-order valence-electron chi connectivity index (χ0n) is 12.5. The van der Waals surface area contributed by atoms with Gasteiger partial charge in [-0.25, -0.2) is 18.2 Å². The van der Waals surface area contributed by atoms with Crippen LogP contribution in [-0.2, 0) is 0 Å². The zero-order valence-corrected chi connectivity index (χ0v) is 12.5. The molecule has 0 aliphatic carbocycles. The molecule has 0 saturated carbocycles. The molecule has 1 aliphatic heterocycles. The number of hydrogen-bond acceptors (Lipinski definition) is 4. The van der Waals surface area contributed by atoms with E-state index in [1.807, 2.05) is 0 Å². The molecule has 0 unspecified atom stereocenters. The number of rotatable bonds is 3. The van der Waals surface area contributed by atoms with Crippen molar-refractivity contribution in [3.63, 3.8) is 0 Å². The number of benzene rings is 1. The van der Waals surface area contributed by atoms with Gasteiger partial charge in [-0.15, -0.1) is 0 Å². The highest BCUT2D eigenvalue weighted by atomic mass is 19.1. The van der Waals surface area contributed by atoms with Crippen LogP contribution in [0.2, 0.25) is 0 Å². The molecule has 1 aromatic heterocycles. The Bertz CT molecular complexity index is 799. The van der Waals surface area contributed by atoms with Crippen LogP contribution < -0.4 is 16.4 Å². The van der Waals surface area contributed by atoms with Crippen LogP contribution in [0.5, 0.6) is 0 Å². The number of amides is 1. The van der Waals surface area contributed by atoms with Crippen molar-refractivity contribution in [3.05, 3.63) is 53.2 Å². The van der Waals surface area contributed by atoms with Crippen molar-refractivity contribution < 1.29 is 18.0 Å². The second-order valence-electron chi connectivity index (χ2n) is 5.64. The third-order valence-corrected chi connectivity index (χ3v) is 4.01. The number of nitrogens with zero attached hydrogens (tertiary/aromatic N) is 2. The first-order valence-corrected chi connectivity index (χ1v) is 7.29. The molecule has 0 spiro atoms. The van der Waals surface area contributed by atoms with E-state index in [0.29, 0.717) is 0 Å². The van der Waals surface area contributed by atoms with Gasteiger partial charge in [-0.2, -0.15) is 0 Å². The molecule has 5 nitrogen and oxygen atoms in total. The first kappa shape index (κ1) is 16.1. The van der Waals surface area contributed by atoms with Crippen molar-refractivity contribution >= 4 is 17.4 Å². The van der Waals surface area contributed by atoms with Gasteiger partial charge in [0.1, 0.15) is 23.6 Å². The third kappa shape index (κ3) is 2.86. The Hall–Kier alpha value is -2.77. The smallest absolute Gasteiger partial charge is 0.269 e. The number of anilines is 2. The molecular formula is C16H15F3N4O. The van der Waals surface area contributed by atoms with Gasteiger partial charge >= 0.3 is 0 Å². The molecule has 0 bridgehead atoms. The number of primary amides is 1. The first-order valence-electron chi connectivity index (χ1n) is 7.29. The Morgan fingerprint density at radius 3 is 2.71 bits per heavy atom. The minimum atomic E-state index is -1.24. The molecule has 3 rings (SSSR count). The van der Waals surface area contributed by atoms with Crippen molar-refractivity contribution in [2.24, 2.45) is 5.73 Å². The minimum Gasteiger partial charge on any atom is -0.397 e. The van der Waals surface area contributed by atoms with Crippen molar-refractivity contribution in [1.82, 2.24) is 4.98 Å². The normalized spacial score (nSPS) is 20.4. The average Bonchev–Trinajstić information content (AvgIpc) is 2.91. The maximum Gasteiger partial charge on any atom is 0.269 e. The Balaban J connectivity index is 2.04. The average molecular weight is 336 g/mol. The molecule has 24 heavy (non-hydrogen) atoms. The zero-order chi connectivity index (χ0) is 17.4. The molecule has 2 aromatic rings. The molecular weight excluding hydrogens is 321 g/mol. The van der Waals surface area contributed by atoms with Gasteiger partial charge in [-0.05, 0) is 30.3 Å². The molecule has 2 heterocycles. The van der Waals surface area contributed by atoms with Crippen LogP contribution in [0.25, 0.3) is 0 Å². The quantitative estimate of drug-likeness (QED) is 0.901. The van der Waals surface area contributed by atoms with E-state index in [2.05, 4.69) is 4.98 Å². The van der Waals surface area contributed by atoms with Gasteiger partial charge in [0.25, 0.3) is 5.91 Å². The largest absolute Gasteiger partial charge is 0.397 e. The SMILES string of the molecule is NC(=O)c1nc(N2C[C@@H](F)C[C@@H]2c2cc(F)ccc2F)ccc1N. The fourth-order valence-corrected chi connectivity index (χ4v) is 2.92. The summed E-state index contributed by atoms with van der Waals surface area (Å²) in [5, 5.41) is 0. The van der Waals surface area contributed by atoms with E-state index in [1.165, 1.54) is 17.0 Å². The predicted octanol–water partition coefficient (Wildman–Crippen LogP) is 2.33. The molecule has 1 amide bonds. The number of nitrogens with two attached hydrogens (primary N) is 2. The first-order chi connectivity index (χ1) is 11.4. The highest BCUT2D eigenvalue weighted by Gasteiger charge is 2.36. The van der Waals surface area contributed by atoms with Crippen LogP contribution in [-0.4, -0.2) is 23.6 Å². The van der Waals surface area contributed by atoms with E-state index in [-0.39, 0.29) is 35.7 Å². The molecule has 2 atom stereocenters. The Morgan fingerprint density at radius 2 is 2.00 bits per heavy atom. The van der Waals surface area contributed by atoms with Gasteiger partial charge in [-0.3, -0.25) is 4.79 Å². The molecule has 0 radical (unpaired) electrons. The summed E-state index contributed by atoms with van der Waals surface area (Å²) in [6.07, 6.45) is -1.26. The summed E-state index contributed by atoms with van der Waals surface area (Å²) >= 11 is 0. The number of pyridine rings is 1. The van der Waals surface area contributed by atoms with E-state index in [0.717, 1.165) is 18.2 Å². The van der Waals surface area contributed by atoms with E-state index in [4.69, 9.17) is 11.5 Å². The summed E-state index contributed by atoms with van der Waals surface area (Å²) in [6, 6.07) is 5.21. The maximum absolute atomic E-state index is 14.1. The van der Waals surface area contributed by atoms with Crippen molar-refractivity contribution in [3.8, 4) is 0 Å². The second-order valence-corrected chi connectivity index (χ2v) is 5.64. The molecule has 1 aromatic carbocycles. The van der Waals surface area contributed by atoms with E-state index in [1.54, 1.807) is 0 Å². The molecule has 4 N–H and O–H groups in total. The summed E-state index contributed by atoms with van der Waals surface area (Å²) in [6.45, 7) is -0.0598. The second kappa shape index (κ2) is 6.03. The number of aromatic nitrogens is 1. The number of alkyl halides is 1. The van der Waals surface area contributed by atoms with Crippen LogP contribution in [0, 0.1) is 11.6 Å². The number of hydrogen-bond donors (Lipinski definition) is 2. The standard InChI is InChI=1S/C16H15F3N4O/c17-8-1-2-11(19)10(5-8)13-6-9(18)7-23(13)14-4-3-12(20)15(22-14)16(21)24/h1-5,9,13H,6-7,20H2,(H2,21,24)/t9-,13+/m0/s1. The van der Waals surface area contributed by atoms with Crippen molar-refractivity contribution in [2.75, 3.05) is 17.2 Å². The van der Waals surface area contributed by atoms with E-state index < -0.39 is 29.8 Å². The van der Waals surface area contributed by atoms with Crippen LogP contribution >= 0.6 is 0 Å². The van der Waals surface area contributed by atoms with Crippen LogP contribution in [0.4, 0.5) is 24.7 Å². The number of carbonyl (C=O) groups excluding carboxylic acids is 1. The summed E-state index contributed by atoms with van der Waals surface area (Å²) in [5.74, 6) is -1.84. The molecule has 1 aliphatic rings. The van der Waals surface area contributed by atoms with Crippen LogP contribution in [0.1, 0.15) is 28.5 Å². The summed E-state index contributed by atoms with van der Waals surface area (Å²) in [7, 11) is 0. The molecule has 8 heteroatoms. The fraction of sp³-hybridized carbons (Fsp3) is 0.250. The number of carbonyl (C=O) groups is 1. The molecule has 1 saturated heterocycles. The summed E-state index contributed by atoms with van der Waals surface area (Å²) in [5.41, 5.74) is 10.8. The lowest BCUT2D eigenvalue weighted by molar-refractivity contribution is 0.0996. The number of halogens is 3. The molecule has 1 fully saturated rings. The lowest BCUT2D eigenvalue weighted by atomic mass is 10.0. The van der Waals surface area contributed by atoms with Gasteiger partial charge in [0.2, 0.25) is 0 Å². The number of nitrogen functional groups attached to an aromatic ring is 1. The highest BCUT2D eigenvalue weighted by molar-refractivity contribution is 5.96. The van der Waals surface area contributed by atoms with Crippen molar-refractivity contribution in [1.29, 1.82) is 0 Å². The Labute approximate surface area is 136 Å². The third-order valence-electron chi connectivity index (χ3n) is 4.01. The summed E-state index contributed by atoms with van der Waals surface area (Å²) in [4.78, 5) is 16.9. The lowest BCUT2D eigenvalue weighted by Gasteiger charge is -2.26. The Morgan fingerprint density at radius 1 is 1.25 bits per heavy atom.